The first-order chi connectivity index (χ1) is 27.6. The molecule has 0 fully saturated rings. The molecule has 0 aliphatic heterocycles. The van der Waals surface area contributed by atoms with Crippen molar-refractivity contribution >= 4 is 63.3 Å². The van der Waals surface area contributed by atoms with E-state index in [1.165, 1.54) is 31.8 Å². The van der Waals surface area contributed by atoms with Crippen LogP contribution in [0.15, 0.2) is 236 Å². The fourth-order valence-electron chi connectivity index (χ4n) is 7.78. The molecule has 0 radical (unpaired) electrons. The van der Waals surface area contributed by atoms with Crippen LogP contribution < -0.4 is 36.9 Å². The number of hydrogen-bond donors (Lipinski definition) is 0. The smallest absolute Gasteiger partial charge is 0.137 e. The molecule has 8 rings (SSSR count). The van der Waals surface area contributed by atoms with Crippen molar-refractivity contribution in [1.29, 1.82) is 0 Å². The average molecular weight is 759 g/mol. The van der Waals surface area contributed by atoms with Crippen LogP contribution in [0.5, 0.6) is 0 Å². The highest BCUT2D eigenvalue weighted by molar-refractivity contribution is 7.98. The lowest BCUT2D eigenvalue weighted by Gasteiger charge is -2.31. The summed E-state index contributed by atoms with van der Waals surface area (Å²) in [4.78, 5) is 12.7. The number of carbonyl (C=O) groups is 1. The summed E-state index contributed by atoms with van der Waals surface area (Å²) in [5.74, 6) is 3.87. The number of carboxylic acids is 1. The molecule has 0 saturated carbocycles. The third kappa shape index (κ3) is 7.02. The van der Waals surface area contributed by atoms with Crippen LogP contribution in [0.3, 0.4) is 0 Å². The fourth-order valence-corrected chi connectivity index (χ4v) is 15.7. The molecule has 270 valence electrons. The van der Waals surface area contributed by atoms with E-state index in [2.05, 4.69) is 206 Å². The Morgan fingerprint density at radius 1 is 0.393 bits per heavy atom. The Bertz CT molecular complexity index is 2440. The molecule has 0 aliphatic carbocycles. The van der Waals surface area contributed by atoms with Crippen molar-refractivity contribution in [2.24, 2.45) is 0 Å². The summed E-state index contributed by atoms with van der Waals surface area (Å²) in [5.41, 5.74) is 3.58. The SMILES string of the molecule is O=C([O-])c1ccccc1-c1ccccc1/C(C=P(c1ccccc1)(c1ccccc1)c1ccccc1)=C/[P+](c1ccccc1)(c1ccccc1)c1ccccc1. The molecule has 2 nitrogen and oxygen atoms in total. The predicted molar refractivity (Wildman–Crippen MR) is 241 cm³/mol. The minimum atomic E-state index is -2.58. The number of carboxylic acid groups (broad SMARTS) is 1. The molecule has 0 aliphatic rings. The van der Waals surface area contributed by atoms with E-state index in [0.29, 0.717) is 5.56 Å². The van der Waals surface area contributed by atoms with Crippen molar-refractivity contribution in [2.75, 3.05) is 0 Å². The summed E-state index contributed by atoms with van der Waals surface area (Å²) in [6, 6.07) is 80.6. The fraction of sp³-hybridized carbons (Fsp3) is 0. The Kier molecular flexibility index (Phi) is 10.9. The summed E-state index contributed by atoms with van der Waals surface area (Å²) in [6.45, 7) is -2.58. The molecule has 0 spiro atoms. The predicted octanol–water partition coefficient (Wildman–Crippen LogP) is 8.85. The van der Waals surface area contributed by atoms with Crippen molar-refractivity contribution in [3.05, 3.63) is 247 Å². The largest absolute Gasteiger partial charge is 0.545 e. The van der Waals surface area contributed by atoms with Crippen LogP contribution in [0.4, 0.5) is 0 Å². The van der Waals surface area contributed by atoms with Crippen LogP contribution in [-0.2, 0) is 0 Å². The molecule has 0 bridgehead atoms. The van der Waals surface area contributed by atoms with Gasteiger partial charge in [-0.25, -0.2) is 0 Å². The molecule has 4 heteroatoms. The minimum absolute atomic E-state index is 0.157. The average Bonchev–Trinajstić information content (AvgIpc) is 3.28. The highest BCUT2D eigenvalue weighted by atomic mass is 31.2. The number of benzene rings is 8. The quantitative estimate of drug-likeness (QED) is 0.124. The summed E-state index contributed by atoms with van der Waals surface area (Å²) < 4.78 is 0. The maximum atomic E-state index is 12.7. The van der Waals surface area contributed by atoms with Gasteiger partial charge < -0.3 is 9.90 Å². The molecular weight excluding hydrogens is 719 g/mol. The van der Waals surface area contributed by atoms with Gasteiger partial charge in [-0.3, -0.25) is 0 Å². The van der Waals surface area contributed by atoms with Gasteiger partial charge in [0.15, 0.2) is 0 Å². The molecule has 56 heavy (non-hydrogen) atoms. The Morgan fingerprint density at radius 2 is 0.696 bits per heavy atom. The van der Waals surface area contributed by atoms with Gasteiger partial charge in [-0.1, -0.05) is 194 Å². The zero-order valence-corrected chi connectivity index (χ0v) is 32.6. The monoisotopic (exact) mass is 758 g/mol. The Hall–Kier alpha value is -6.30. The van der Waals surface area contributed by atoms with Crippen LogP contribution >= 0.6 is 14.1 Å². The molecule has 0 atom stereocenters. The highest BCUT2D eigenvalue weighted by Crippen LogP contribution is 2.59. The third-order valence-electron chi connectivity index (χ3n) is 10.3. The zero-order chi connectivity index (χ0) is 38.2. The lowest BCUT2D eigenvalue weighted by molar-refractivity contribution is -0.254. The lowest BCUT2D eigenvalue weighted by atomic mass is 9.93. The standard InChI is InChI=1S/C52H40O2P2/c53-52(54)51-38-22-21-37-50(51)49-36-20-19-35-48(49)41(39-55(42-23-7-1-8-24-42,43-25-9-2-10-26-43)44-27-11-3-12-28-44)40-56(45-29-13-4-14-30-45,46-31-15-5-16-32-46)47-33-17-6-18-34-47/h1-40H/b41-39+. The zero-order valence-electron chi connectivity index (χ0n) is 30.8. The van der Waals surface area contributed by atoms with Crippen molar-refractivity contribution in [1.82, 2.24) is 0 Å². The van der Waals surface area contributed by atoms with Gasteiger partial charge >= 0.3 is 0 Å². The number of carbonyl (C=O) groups excluding carboxylic acids is 1. The van der Waals surface area contributed by atoms with Crippen LogP contribution in [0.2, 0.25) is 0 Å². The summed E-state index contributed by atoms with van der Waals surface area (Å²) in [5, 5.41) is 20.0. The van der Waals surface area contributed by atoms with E-state index in [9.17, 15) is 9.90 Å². The van der Waals surface area contributed by atoms with Crippen LogP contribution in [0.25, 0.3) is 16.7 Å². The molecule has 8 aromatic carbocycles. The first kappa shape index (κ1) is 36.7. The second-order valence-corrected chi connectivity index (χ2v) is 20.1. The van der Waals surface area contributed by atoms with E-state index >= 15 is 0 Å². The maximum Gasteiger partial charge on any atom is 0.137 e. The van der Waals surface area contributed by atoms with Crippen LogP contribution in [0.1, 0.15) is 15.9 Å². The number of rotatable bonds is 11. The van der Waals surface area contributed by atoms with E-state index in [4.69, 9.17) is 0 Å². The van der Waals surface area contributed by atoms with Gasteiger partial charge in [0, 0.05) is 11.1 Å². The first-order valence-electron chi connectivity index (χ1n) is 18.7. The van der Waals surface area contributed by atoms with Gasteiger partial charge in [0.05, 0.1) is 11.8 Å². The van der Waals surface area contributed by atoms with Crippen molar-refractivity contribution in [2.45, 2.75) is 0 Å². The van der Waals surface area contributed by atoms with Crippen LogP contribution in [0, 0.1) is 0 Å². The second-order valence-electron chi connectivity index (χ2n) is 13.6. The number of hydrogen-bond acceptors (Lipinski definition) is 2. The lowest BCUT2D eigenvalue weighted by Crippen LogP contribution is -2.30. The van der Waals surface area contributed by atoms with E-state index in [1.807, 2.05) is 24.3 Å². The van der Waals surface area contributed by atoms with Gasteiger partial charge in [-0.2, -0.15) is 0 Å². The van der Waals surface area contributed by atoms with Gasteiger partial charge in [-0.05, 0) is 81.7 Å². The van der Waals surface area contributed by atoms with Crippen LogP contribution in [-0.4, -0.2) is 11.8 Å². The Labute approximate surface area is 330 Å². The van der Waals surface area contributed by atoms with Crippen molar-refractivity contribution in [3.8, 4) is 11.1 Å². The molecule has 0 unspecified atom stereocenters. The Balaban J connectivity index is 1.62. The summed E-state index contributed by atoms with van der Waals surface area (Å²) in [7, 11) is -2.58. The molecule has 8 aromatic rings. The minimum Gasteiger partial charge on any atom is -0.545 e. The summed E-state index contributed by atoms with van der Waals surface area (Å²) in [6.07, 6.45) is 0. The number of allylic oxidation sites excluding steroid dienone is 1. The second kappa shape index (κ2) is 16.6. The van der Waals surface area contributed by atoms with E-state index in [-0.39, 0.29) is 5.56 Å². The van der Waals surface area contributed by atoms with Crippen molar-refractivity contribution in [3.63, 3.8) is 0 Å². The van der Waals surface area contributed by atoms with E-state index < -0.39 is 20.1 Å². The molecule has 0 N–H and O–H groups in total. The maximum absolute atomic E-state index is 12.7. The molecule has 0 aromatic heterocycles. The molecule has 0 heterocycles. The Morgan fingerprint density at radius 3 is 1.07 bits per heavy atom. The molecular formula is C52H40O2P2. The van der Waals surface area contributed by atoms with Gasteiger partial charge in [0.25, 0.3) is 0 Å². The van der Waals surface area contributed by atoms with Gasteiger partial charge in [0.2, 0.25) is 0 Å². The van der Waals surface area contributed by atoms with Gasteiger partial charge in [-0.15, -0.1) is 0 Å². The van der Waals surface area contributed by atoms with Gasteiger partial charge in [0.1, 0.15) is 23.2 Å². The normalized spacial score (nSPS) is 11.8. The number of aromatic carboxylic acids is 1. The molecule has 0 saturated heterocycles. The van der Waals surface area contributed by atoms with Crippen molar-refractivity contribution < 1.29 is 9.90 Å². The molecule has 0 amide bonds. The third-order valence-corrected chi connectivity index (χ3v) is 18.3. The topological polar surface area (TPSA) is 40.1 Å². The first-order valence-corrected chi connectivity index (χ1v) is 22.4. The summed E-state index contributed by atoms with van der Waals surface area (Å²) >= 11 is 0. The highest BCUT2D eigenvalue weighted by Gasteiger charge is 2.44. The van der Waals surface area contributed by atoms with E-state index in [0.717, 1.165) is 16.7 Å². The van der Waals surface area contributed by atoms with E-state index in [1.54, 1.807) is 12.1 Å².